The fraction of sp³-hybridized carbons (Fsp3) is 0.200. The Balaban J connectivity index is 2.28. The number of nitriles is 1. The van der Waals surface area contributed by atoms with Gasteiger partial charge in [-0.1, -0.05) is 0 Å². The fourth-order valence-electron chi connectivity index (χ4n) is 1.44. The maximum absolute atomic E-state index is 11.9. The predicted molar refractivity (Wildman–Crippen MR) is 59.1 cm³/mol. The molecule has 7 nitrogen and oxygen atoms in total. The highest BCUT2D eigenvalue weighted by Crippen LogP contribution is 2.13. The molecular weight excluding hydrogens is 220 g/mol. The van der Waals surface area contributed by atoms with Crippen molar-refractivity contribution >= 4 is 11.7 Å². The Morgan fingerprint density at radius 1 is 1.41 bits per heavy atom. The first kappa shape index (κ1) is 10.9. The van der Waals surface area contributed by atoms with Crippen LogP contribution in [-0.4, -0.2) is 25.5 Å². The number of aryl methyl sites for hydroxylation is 2. The minimum Gasteiger partial charge on any atom is -0.304 e. The molecule has 0 spiro atoms. The van der Waals surface area contributed by atoms with E-state index in [2.05, 4.69) is 15.5 Å². The first-order valence-electron chi connectivity index (χ1n) is 4.85. The second-order valence-corrected chi connectivity index (χ2v) is 3.44. The lowest BCUT2D eigenvalue weighted by molar-refractivity contribution is 0.101. The Kier molecular flexibility index (Phi) is 2.62. The van der Waals surface area contributed by atoms with Crippen LogP contribution < -0.4 is 5.32 Å². The summed E-state index contributed by atoms with van der Waals surface area (Å²) in [6.45, 7) is 0. The third-order valence-electron chi connectivity index (χ3n) is 2.34. The monoisotopic (exact) mass is 230 g/mol. The predicted octanol–water partition coefficient (Wildman–Crippen LogP) is 0.278. The van der Waals surface area contributed by atoms with Crippen LogP contribution in [0.3, 0.4) is 0 Å². The van der Waals surface area contributed by atoms with Gasteiger partial charge in [0.05, 0.1) is 6.20 Å². The summed E-state index contributed by atoms with van der Waals surface area (Å²) in [5, 5.41) is 19.3. The molecule has 86 valence electrons. The van der Waals surface area contributed by atoms with Gasteiger partial charge in [-0.3, -0.25) is 14.2 Å². The van der Waals surface area contributed by atoms with E-state index in [0.717, 1.165) is 0 Å². The lowest BCUT2D eigenvalue weighted by Gasteiger charge is -2.05. The number of carbonyl (C=O) groups is 1. The standard InChI is InChI=1S/C10H10N6O/c1-15-8(3-4-12-15)10(17)14-9-7(5-11)6-13-16(9)2/h3-4,6H,1-2H3,(H,14,17). The van der Waals surface area contributed by atoms with Crippen molar-refractivity contribution in [1.29, 1.82) is 5.26 Å². The van der Waals surface area contributed by atoms with Crippen molar-refractivity contribution in [3.63, 3.8) is 0 Å². The molecule has 0 aliphatic carbocycles. The molecule has 2 aromatic heterocycles. The average Bonchev–Trinajstić information content (AvgIpc) is 2.87. The summed E-state index contributed by atoms with van der Waals surface area (Å²) < 4.78 is 2.89. The van der Waals surface area contributed by atoms with Crippen molar-refractivity contribution in [2.45, 2.75) is 0 Å². The van der Waals surface area contributed by atoms with Crippen LogP contribution in [0.15, 0.2) is 18.5 Å². The Morgan fingerprint density at radius 3 is 2.76 bits per heavy atom. The van der Waals surface area contributed by atoms with Crippen LogP contribution in [0.1, 0.15) is 16.1 Å². The van der Waals surface area contributed by atoms with E-state index in [4.69, 9.17) is 5.26 Å². The molecule has 17 heavy (non-hydrogen) atoms. The van der Waals surface area contributed by atoms with Crippen LogP contribution in [0.25, 0.3) is 0 Å². The molecule has 0 radical (unpaired) electrons. The molecule has 2 aromatic rings. The van der Waals surface area contributed by atoms with Gasteiger partial charge in [-0.05, 0) is 6.07 Å². The van der Waals surface area contributed by atoms with E-state index in [1.54, 1.807) is 20.2 Å². The van der Waals surface area contributed by atoms with E-state index in [1.807, 2.05) is 6.07 Å². The number of aromatic nitrogens is 4. The van der Waals surface area contributed by atoms with Crippen LogP contribution in [0.2, 0.25) is 0 Å². The molecule has 0 aliphatic heterocycles. The summed E-state index contributed by atoms with van der Waals surface area (Å²) in [4.78, 5) is 11.9. The van der Waals surface area contributed by atoms with Crippen molar-refractivity contribution in [3.05, 3.63) is 29.7 Å². The Hall–Kier alpha value is -2.62. The normalized spacial score (nSPS) is 9.94. The van der Waals surface area contributed by atoms with Crippen LogP contribution in [-0.2, 0) is 14.1 Å². The van der Waals surface area contributed by atoms with Gasteiger partial charge in [-0.15, -0.1) is 0 Å². The molecule has 1 N–H and O–H groups in total. The second kappa shape index (κ2) is 4.09. The summed E-state index contributed by atoms with van der Waals surface area (Å²) >= 11 is 0. The molecule has 0 saturated heterocycles. The van der Waals surface area contributed by atoms with Crippen LogP contribution in [0.5, 0.6) is 0 Å². The quantitative estimate of drug-likeness (QED) is 0.802. The fourth-order valence-corrected chi connectivity index (χ4v) is 1.44. The zero-order chi connectivity index (χ0) is 12.4. The zero-order valence-corrected chi connectivity index (χ0v) is 9.38. The molecular formula is C10H10N6O. The summed E-state index contributed by atoms with van der Waals surface area (Å²) in [5.74, 6) is 0.0452. The summed E-state index contributed by atoms with van der Waals surface area (Å²) in [7, 11) is 3.32. The number of hydrogen-bond donors (Lipinski definition) is 1. The van der Waals surface area contributed by atoms with Gasteiger partial charge in [0.25, 0.3) is 5.91 Å². The van der Waals surface area contributed by atoms with Crippen LogP contribution in [0.4, 0.5) is 5.82 Å². The molecule has 0 saturated carbocycles. The summed E-state index contributed by atoms with van der Waals surface area (Å²) in [6.07, 6.45) is 2.93. The van der Waals surface area contributed by atoms with Gasteiger partial charge in [0.15, 0.2) is 0 Å². The van der Waals surface area contributed by atoms with Gasteiger partial charge in [-0.2, -0.15) is 15.5 Å². The molecule has 0 fully saturated rings. The van der Waals surface area contributed by atoms with Gasteiger partial charge < -0.3 is 5.32 Å². The number of hydrogen-bond acceptors (Lipinski definition) is 4. The molecule has 0 atom stereocenters. The third-order valence-corrected chi connectivity index (χ3v) is 2.34. The highest BCUT2D eigenvalue weighted by Gasteiger charge is 2.15. The van der Waals surface area contributed by atoms with E-state index in [1.165, 1.54) is 21.8 Å². The second-order valence-electron chi connectivity index (χ2n) is 3.44. The average molecular weight is 230 g/mol. The number of nitrogens with zero attached hydrogens (tertiary/aromatic N) is 5. The molecule has 1 amide bonds. The third kappa shape index (κ3) is 1.88. The van der Waals surface area contributed by atoms with E-state index in [9.17, 15) is 4.79 Å². The highest BCUT2D eigenvalue weighted by atomic mass is 16.2. The van der Waals surface area contributed by atoms with Crippen molar-refractivity contribution in [2.24, 2.45) is 14.1 Å². The lowest BCUT2D eigenvalue weighted by Crippen LogP contribution is -2.18. The van der Waals surface area contributed by atoms with E-state index < -0.39 is 0 Å². The van der Waals surface area contributed by atoms with Crippen molar-refractivity contribution in [2.75, 3.05) is 5.32 Å². The SMILES string of the molecule is Cn1nccc1C(=O)Nc1c(C#N)cnn1C. The van der Waals surface area contributed by atoms with E-state index >= 15 is 0 Å². The first-order chi connectivity index (χ1) is 8.13. The largest absolute Gasteiger partial charge is 0.304 e. The minimum atomic E-state index is -0.329. The van der Waals surface area contributed by atoms with E-state index in [0.29, 0.717) is 17.1 Å². The number of amides is 1. The van der Waals surface area contributed by atoms with Crippen molar-refractivity contribution in [3.8, 4) is 6.07 Å². The maximum atomic E-state index is 11.9. The summed E-state index contributed by atoms with van der Waals surface area (Å²) in [5.41, 5.74) is 0.734. The highest BCUT2D eigenvalue weighted by molar-refractivity contribution is 6.03. The van der Waals surface area contributed by atoms with E-state index in [-0.39, 0.29) is 5.91 Å². The maximum Gasteiger partial charge on any atom is 0.275 e. The summed E-state index contributed by atoms with van der Waals surface area (Å²) in [6, 6.07) is 3.56. The minimum absolute atomic E-state index is 0.322. The Morgan fingerprint density at radius 2 is 2.18 bits per heavy atom. The molecule has 7 heteroatoms. The number of anilines is 1. The van der Waals surface area contributed by atoms with Gasteiger partial charge in [0.1, 0.15) is 23.1 Å². The number of carbonyl (C=O) groups excluding carboxylic acids is 1. The molecule has 0 aromatic carbocycles. The van der Waals surface area contributed by atoms with Crippen LogP contribution >= 0.6 is 0 Å². The molecule has 2 rings (SSSR count). The van der Waals surface area contributed by atoms with Gasteiger partial charge >= 0.3 is 0 Å². The van der Waals surface area contributed by atoms with Gasteiger partial charge in [0.2, 0.25) is 0 Å². The zero-order valence-electron chi connectivity index (χ0n) is 9.38. The molecule has 0 aliphatic rings. The molecule has 0 bridgehead atoms. The van der Waals surface area contributed by atoms with Crippen molar-refractivity contribution < 1.29 is 4.79 Å². The van der Waals surface area contributed by atoms with Crippen LogP contribution in [0, 0.1) is 11.3 Å². The lowest BCUT2D eigenvalue weighted by atomic mass is 10.3. The first-order valence-corrected chi connectivity index (χ1v) is 4.85. The number of rotatable bonds is 2. The molecule has 0 unspecified atom stereocenters. The smallest absolute Gasteiger partial charge is 0.275 e. The Labute approximate surface area is 97.3 Å². The van der Waals surface area contributed by atoms with Crippen molar-refractivity contribution in [1.82, 2.24) is 19.6 Å². The topological polar surface area (TPSA) is 88.5 Å². The Bertz CT molecular complexity index is 603. The van der Waals surface area contributed by atoms with Gasteiger partial charge in [0, 0.05) is 20.3 Å². The number of nitrogens with one attached hydrogen (secondary N) is 1. The molecule has 2 heterocycles. The van der Waals surface area contributed by atoms with Gasteiger partial charge in [-0.25, -0.2) is 0 Å².